The first-order chi connectivity index (χ1) is 10.5. The lowest BCUT2D eigenvalue weighted by molar-refractivity contribution is -0.126. The number of aliphatic hydroxyl groups is 1. The largest absolute Gasteiger partial charge is 0.503 e. The summed E-state index contributed by atoms with van der Waals surface area (Å²) in [5.74, 6) is -1.48. The lowest BCUT2D eigenvalue weighted by atomic mass is 10.2. The first kappa shape index (κ1) is 16.3. The van der Waals surface area contributed by atoms with E-state index < -0.39 is 17.6 Å². The fourth-order valence-electron chi connectivity index (χ4n) is 1.99. The number of ether oxygens (including phenoxy) is 1. The Labute approximate surface area is 133 Å². The van der Waals surface area contributed by atoms with Crippen molar-refractivity contribution >= 4 is 23.4 Å². The second kappa shape index (κ2) is 7.29. The molecule has 0 aromatic heterocycles. The molecule has 1 aromatic carbocycles. The van der Waals surface area contributed by atoms with Crippen LogP contribution in [0.15, 0.2) is 35.6 Å². The predicted molar refractivity (Wildman–Crippen MR) is 81.4 cm³/mol. The van der Waals surface area contributed by atoms with Gasteiger partial charge < -0.3 is 20.1 Å². The zero-order valence-electron chi connectivity index (χ0n) is 12.1. The molecule has 0 spiro atoms. The molecule has 118 valence electrons. The Morgan fingerprint density at radius 3 is 2.68 bits per heavy atom. The Hall–Kier alpha value is -2.05. The minimum Gasteiger partial charge on any atom is -0.503 e. The number of hydrogen-bond donors (Lipinski definition) is 2. The normalized spacial score (nSPS) is 14.6. The highest BCUT2D eigenvalue weighted by atomic mass is 35.5. The minimum atomic E-state index is -0.538. The van der Waals surface area contributed by atoms with Crippen molar-refractivity contribution in [3.63, 3.8) is 0 Å². The van der Waals surface area contributed by atoms with E-state index in [-0.39, 0.29) is 12.1 Å². The van der Waals surface area contributed by atoms with Crippen LogP contribution >= 0.6 is 11.6 Å². The third kappa shape index (κ3) is 3.99. The van der Waals surface area contributed by atoms with Crippen LogP contribution in [-0.4, -0.2) is 48.6 Å². The van der Waals surface area contributed by atoms with Gasteiger partial charge in [-0.3, -0.25) is 9.59 Å². The number of rotatable bonds is 6. The van der Waals surface area contributed by atoms with Gasteiger partial charge in [-0.1, -0.05) is 23.7 Å². The maximum absolute atomic E-state index is 11.8. The molecule has 6 nitrogen and oxygen atoms in total. The molecule has 22 heavy (non-hydrogen) atoms. The standard InChI is InChI=1S/C15H17ClN2O4/c1-18-8-12(13(19)15(18)21)14(20)17-6-7-22-9-10-2-4-11(16)5-3-10/h2-5,19H,6-9H2,1H3,(H,17,20). The van der Waals surface area contributed by atoms with Gasteiger partial charge in [0.2, 0.25) is 0 Å². The molecule has 2 N–H and O–H groups in total. The summed E-state index contributed by atoms with van der Waals surface area (Å²) in [7, 11) is 1.52. The highest BCUT2D eigenvalue weighted by molar-refractivity contribution is 6.30. The zero-order valence-corrected chi connectivity index (χ0v) is 12.9. The molecule has 0 atom stereocenters. The Balaban J connectivity index is 1.70. The fraction of sp³-hybridized carbons (Fsp3) is 0.333. The highest BCUT2D eigenvalue weighted by Gasteiger charge is 2.31. The van der Waals surface area contributed by atoms with Gasteiger partial charge in [-0.15, -0.1) is 0 Å². The second-order valence-corrected chi connectivity index (χ2v) is 5.36. The lowest BCUT2D eigenvalue weighted by Crippen LogP contribution is -2.30. The molecule has 7 heteroatoms. The third-order valence-corrected chi connectivity index (χ3v) is 3.47. The molecule has 1 heterocycles. The molecular formula is C15H17ClN2O4. The second-order valence-electron chi connectivity index (χ2n) is 4.92. The number of nitrogens with zero attached hydrogens (tertiary/aromatic N) is 1. The molecule has 2 rings (SSSR count). The Morgan fingerprint density at radius 1 is 1.41 bits per heavy atom. The molecule has 0 fully saturated rings. The number of hydrogen-bond acceptors (Lipinski definition) is 4. The quantitative estimate of drug-likeness (QED) is 0.772. The van der Waals surface area contributed by atoms with E-state index in [1.165, 1.54) is 11.9 Å². The summed E-state index contributed by atoms with van der Waals surface area (Å²) in [5, 5.41) is 12.8. The van der Waals surface area contributed by atoms with E-state index in [4.69, 9.17) is 16.3 Å². The summed E-state index contributed by atoms with van der Waals surface area (Å²) in [6.07, 6.45) is 0. The first-order valence-corrected chi connectivity index (χ1v) is 7.15. The fourth-order valence-corrected chi connectivity index (χ4v) is 2.11. The van der Waals surface area contributed by atoms with Crippen LogP contribution < -0.4 is 5.32 Å². The number of nitrogens with one attached hydrogen (secondary N) is 1. The predicted octanol–water partition coefficient (Wildman–Crippen LogP) is 1.26. The maximum atomic E-state index is 11.8. The Morgan fingerprint density at radius 2 is 2.09 bits per heavy atom. The average Bonchev–Trinajstić information content (AvgIpc) is 2.76. The molecule has 0 saturated carbocycles. The van der Waals surface area contributed by atoms with Gasteiger partial charge >= 0.3 is 0 Å². The topological polar surface area (TPSA) is 78.9 Å². The Bertz CT molecular complexity index is 598. The van der Waals surface area contributed by atoms with Gasteiger partial charge in [0.1, 0.15) is 0 Å². The summed E-state index contributed by atoms with van der Waals surface area (Å²) >= 11 is 5.78. The maximum Gasteiger partial charge on any atom is 0.289 e. The van der Waals surface area contributed by atoms with E-state index in [9.17, 15) is 14.7 Å². The smallest absolute Gasteiger partial charge is 0.289 e. The SMILES string of the molecule is CN1CC(C(=O)NCCOCc2ccc(Cl)cc2)=C(O)C1=O. The van der Waals surface area contributed by atoms with Gasteiger partial charge in [0, 0.05) is 18.6 Å². The van der Waals surface area contributed by atoms with Crippen molar-refractivity contribution in [1.82, 2.24) is 10.2 Å². The molecular weight excluding hydrogens is 308 g/mol. The van der Waals surface area contributed by atoms with E-state index in [0.717, 1.165) is 5.56 Å². The van der Waals surface area contributed by atoms with Gasteiger partial charge in [-0.2, -0.15) is 0 Å². The number of carbonyl (C=O) groups is 2. The molecule has 0 saturated heterocycles. The van der Waals surface area contributed by atoms with Crippen LogP contribution in [-0.2, 0) is 20.9 Å². The zero-order chi connectivity index (χ0) is 16.1. The van der Waals surface area contributed by atoms with Crippen molar-refractivity contribution in [1.29, 1.82) is 0 Å². The summed E-state index contributed by atoms with van der Waals surface area (Å²) in [6, 6.07) is 7.29. The molecule has 1 aromatic rings. The molecule has 2 amide bonds. The van der Waals surface area contributed by atoms with Gasteiger partial charge in [0.15, 0.2) is 5.76 Å². The summed E-state index contributed by atoms with van der Waals surface area (Å²) in [5.41, 5.74) is 1.07. The van der Waals surface area contributed by atoms with E-state index in [1.807, 2.05) is 12.1 Å². The van der Waals surface area contributed by atoms with Crippen molar-refractivity contribution in [2.24, 2.45) is 0 Å². The van der Waals surface area contributed by atoms with Crippen LogP contribution in [0.5, 0.6) is 0 Å². The summed E-state index contributed by atoms with van der Waals surface area (Å²) in [6.45, 7) is 1.15. The number of carbonyl (C=O) groups excluding carboxylic acids is 2. The van der Waals surface area contributed by atoms with Crippen LogP contribution in [0.4, 0.5) is 0 Å². The van der Waals surface area contributed by atoms with E-state index in [1.54, 1.807) is 12.1 Å². The van der Waals surface area contributed by atoms with Gasteiger partial charge in [0.25, 0.3) is 11.8 Å². The summed E-state index contributed by atoms with van der Waals surface area (Å²) in [4.78, 5) is 24.5. The lowest BCUT2D eigenvalue weighted by Gasteiger charge is -2.08. The highest BCUT2D eigenvalue weighted by Crippen LogP contribution is 2.15. The van der Waals surface area contributed by atoms with E-state index >= 15 is 0 Å². The molecule has 1 aliphatic heterocycles. The average molecular weight is 325 g/mol. The van der Waals surface area contributed by atoms with Crippen molar-refractivity contribution < 1.29 is 19.4 Å². The molecule has 1 aliphatic rings. The monoisotopic (exact) mass is 324 g/mol. The van der Waals surface area contributed by atoms with Crippen LogP contribution in [0.3, 0.4) is 0 Å². The number of halogens is 1. The van der Waals surface area contributed by atoms with Crippen molar-refractivity contribution in [2.45, 2.75) is 6.61 Å². The van der Waals surface area contributed by atoms with Gasteiger partial charge in [0.05, 0.1) is 25.3 Å². The molecule has 0 unspecified atom stereocenters. The molecule has 0 radical (unpaired) electrons. The van der Waals surface area contributed by atoms with Crippen LogP contribution in [0, 0.1) is 0 Å². The van der Waals surface area contributed by atoms with Gasteiger partial charge in [-0.25, -0.2) is 0 Å². The van der Waals surface area contributed by atoms with E-state index in [2.05, 4.69) is 5.32 Å². The minimum absolute atomic E-state index is 0.0881. The number of aliphatic hydroxyl groups excluding tert-OH is 1. The van der Waals surface area contributed by atoms with Gasteiger partial charge in [-0.05, 0) is 17.7 Å². The molecule has 0 aliphatic carbocycles. The number of benzene rings is 1. The molecule has 0 bridgehead atoms. The van der Waals surface area contributed by atoms with Crippen molar-refractivity contribution in [3.05, 3.63) is 46.2 Å². The Kier molecular flexibility index (Phi) is 5.41. The van der Waals surface area contributed by atoms with Crippen LogP contribution in [0.2, 0.25) is 5.02 Å². The van der Waals surface area contributed by atoms with Crippen molar-refractivity contribution in [3.8, 4) is 0 Å². The number of amides is 2. The van der Waals surface area contributed by atoms with Crippen LogP contribution in [0.25, 0.3) is 0 Å². The third-order valence-electron chi connectivity index (χ3n) is 3.22. The first-order valence-electron chi connectivity index (χ1n) is 6.77. The summed E-state index contributed by atoms with van der Waals surface area (Å²) < 4.78 is 5.43. The number of likely N-dealkylation sites (N-methyl/N-ethyl adjacent to an activating group) is 1. The van der Waals surface area contributed by atoms with E-state index in [0.29, 0.717) is 24.8 Å². The van der Waals surface area contributed by atoms with Crippen LogP contribution in [0.1, 0.15) is 5.56 Å². The van der Waals surface area contributed by atoms with Crippen molar-refractivity contribution in [2.75, 3.05) is 26.7 Å².